The molecular formula is C15H17N5O. The molecular weight excluding hydrogens is 266 g/mol. The number of fused-ring (bicyclic) bond motifs is 1. The van der Waals surface area contributed by atoms with Crippen molar-refractivity contribution in [2.45, 2.75) is 19.8 Å². The minimum atomic E-state index is -0.207. The number of carbonyl (C=O) groups excluding carboxylic acids is 1. The van der Waals surface area contributed by atoms with Crippen molar-refractivity contribution >= 4 is 22.8 Å². The highest BCUT2D eigenvalue weighted by Crippen LogP contribution is 2.20. The number of nitrogens with zero attached hydrogens (tertiary/aromatic N) is 3. The number of carbonyl (C=O) groups is 1. The van der Waals surface area contributed by atoms with Crippen LogP contribution in [0.15, 0.2) is 30.5 Å². The summed E-state index contributed by atoms with van der Waals surface area (Å²) < 4.78 is 1.98. The van der Waals surface area contributed by atoms with Crippen LogP contribution in [-0.4, -0.2) is 25.7 Å². The van der Waals surface area contributed by atoms with Gasteiger partial charge in [-0.25, -0.2) is 0 Å². The van der Waals surface area contributed by atoms with Gasteiger partial charge in [-0.1, -0.05) is 19.9 Å². The van der Waals surface area contributed by atoms with Crippen molar-refractivity contribution in [3.8, 4) is 0 Å². The number of H-pyrrole nitrogens is 1. The summed E-state index contributed by atoms with van der Waals surface area (Å²) in [5.74, 6) is 1.08. The van der Waals surface area contributed by atoms with E-state index in [0.717, 1.165) is 16.7 Å². The Morgan fingerprint density at radius 3 is 2.86 bits per heavy atom. The van der Waals surface area contributed by atoms with Crippen molar-refractivity contribution in [2.75, 3.05) is 5.32 Å². The molecule has 0 aliphatic rings. The van der Waals surface area contributed by atoms with Crippen molar-refractivity contribution in [1.82, 2.24) is 19.7 Å². The van der Waals surface area contributed by atoms with E-state index < -0.39 is 0 Å². The smallest absolute Gasteiger partial charge is 0.258 e. The van der Waals surface area contributed by atoms with Gasteiger partial charge in [0.25, 0.3) is 5.91 Å². The topological polar surface area (TPSA) is 75.6 Å². The lowest BCUT2D eigenvalue weighted by atomic mass is 10.1. The molecule has 1 amide bonds. The Balaban J connectivity index is 1.90. The zero-order valence-electron chi connectivity index (χ0n) is 12.2. The largest absolute Gasteiger partial charge is 0.351 e. The molecule has 0 aliphatic heterocycles. The standard InChI is InChI=1S/C15H17N5O/c1-9(2)13-16-15(19-18-13)17-14(21)11-5-4-6-12-10(11)7-8-20(12)3/h4-9H,1-3H3,(H2,16,17,18,19,21). The third-order valence-corrected chi connectivity index (χ3v) is 3.45. The van der Waals surface area contributed by atoms with Gasteiger partial charge in [-0.2, -0.15) is 4.98 Å². The molecule has 0 aliphatic carbocycles. The van der Waals surface area contributed by atoms with E-state index in [9.17, 15) is 4.79 Å². The summed E-state index contributed by atoms with van der Waals surface area (Å²) in [6.07, 6.45) is 1.94. The maximum Gasteiger partial charge on any atom is 0.258 e. The number of hydrogen-bond acceptors (Lipinski definition) is 3. The van der Waals surface area contributed by atoms with Crippen LogP contribution in [-0.2, 0) is 7.05 Å². The molecule has 1 aromatic carbocycles. The number of rotatable bonds is 3. The summed E-state index contributed by atoms with van der Waals surface area (Å²) in [4.78, 5) is 16.7. The minimum absolute atomic E-state index is 0.207. The average Bonchev–Trinajstić information content (AvgIpc) is 3.06. The maximum absolute atomic E-state index is 12.4. The summed E-state index contributed by atoms with van der Waals surface area (Å²) >= 11 is 0. The molecule has 2 N–H and O–H groups in total. The Morgan fingerprint density at radius 2 is 2.14 bits per heavy atom. The Labute approximate surface area is 122 Å². The quantitative estimate of drug-likeness (QED) is 0.776. The second-order valence-electron chi connectivity index (χ2n) is 5.32. The van der Waals surface area contributed by atoms with E-state index in [2.05, 4.69) is 20.5 Å². The Bertz CT molecular complexity index is 799. The van der Waals surface area contributed by atoms with Gasteiger partial charge in [0, 0.05) is 35.6 Å². The predicted molar refractivity (Wildman–Crippen MR) is 81.3 cm³/mol. The van der Waals surface area contributed by atoms with Crippen LogP contribution in [0.25, 0.3) is 10.9 Å². The predicted octanol–water partition coefficient (Wildman–Crippen LogP) is 2.67. The maximum atomic E-state index is 12.4. The average molecular weight is 283 g/mol. The van der Waals surface area contributed by atoms with E-state index in [1.807, 2.05) is 49.9 Å². The molecule has 21 heavy (non-hydrogen) atoms. The summed E-state index contributed by atoms with van der Waals surface area (Å²) in [7, 11) is 1.95. The molecule has 0 saturated heterocycles. The van der Waals surface area contributed by atoms with Crippen LogP contribution >= 0.6 is 0 Å². The molecule has 108 valence electrons. The van der Waals surface area contributed by atoms with E-state index in [0.29, 0.717) is 11.5 Å². The number of nitrogens with one attached hydrogen (secondary N) is 2. The van der Waals surface area contributed by atoms with Gasteiger partial charge in [0.1, 0.15) is 5.82 Å². The first kappa shape index (κ1) is 13.4. The van der Waals surface area contributed by atoms with Crippen LogP contribution in [0.4, 0.5) is 5.95 Å². The molecule has 0 saturated carbocycles. The molecule has 0 atom stereocenters. The van der Waals surface area contributed by atoms with Gasteiger partial charge >= 0.3 is 0 Å². The minimum Gasteiger partial charge on any atom is -0.351 e. The number of anilines is 1. The second kappa shape index (κ2) is 5.05. The van der Waals surface area contributed by atoms with E-state index in [1.54, 1.807) is 6.07 Å². The van der Waals surface area contributed by atoms with Gasteiger partial charge < -0.3 is 4.57 Å². The van der Waals surface area contributed by atoms with Crippen LogP contribution in [0.1, 0.15) is 35.9 Å². The van der Waals surface area contributed by atoms with Crippen molar-refractivity contribution < 1.29 is 4.79 Å². The van der Waals surface area contributed by atoms with Crippen LogP contribution in [0.3, 0.4) is 0 Å². The molecule has 0 spiro atoms. The highest BCUT2D eigenvalue weighted by atomic mass is 16.1. The van der Waals surface area contributed by atoms with Gasteiger partial charge in [-0.05, 0) is 18.2 Å². The van der Waals surface area contributed by atoms with E-state index >= 15 is 0 Å². The molecule has 2 aromatic heterocycles. The Morgan fingerprint density at radius 1 is 1.33 bits per heavy atom. The normalized spacial score (nSPS) is 11.2. The van der Waals surface area contributed by atoms with Gasteiger partial charge in [-0.3, -0.25) is 15.2 Å². The van der Waals surface area contributed by atoms with Crippen molar-refractivity contribution in [1.29, 1.82) is 0 Å². The van der Waals surface area contributed by atoms with Gasteiger partial charge in [0.05, 0.1) is 0 Å². The second-order valence-corrected chi connectivity index (χ2v) is 5.32. The van der Waals surface area contributed by atoms with Crippen molar-refractivity contribution in [3.05, 3.63) is 41.9 Å². The number of hydrogen-bond donors (Lipinski definition) is 2. The van der Waals surface area contributed by atoms with Gasteiger partial charge in [0.15, 0.2) is 0 Å². The third-order valence-electron chi connectivity index (χ3n) is 3.45. The number of aromatic amines is 1. The highest BCUT2D eigenvalue weighted by molar-refractivity contribution is 6.12. The molecule has 0 bridgehead atoms. The number of amides is 1. The molecule has 6 nitrogen and oxygen atoms in total. The van der Waals surface area contributed by atoms with Crippen molar-refractivity contribution in [3.63, 3.8) is 0 Å². The van der Waals surface area contributed by atoms with Crippen LogP contribution in [0.2, 0.25) is 0 Å². The van der Waals surface area contributed by atoms with Gasteiger partial charge in [0.2, 0.25) is 5.95 Å². The number of benzene rings is 1. The first-order valence-electron chi connectivity index (χ1n) is 6.84. The molecule has 3 aromatic rings. The molecule has 0 radical (unpaired) electrons. The Kier molecular flexibility index (Phi) is 3.21. The molecule has 0 fully saturated rings. The molecule has 2 heterocycles. The lowest BCUT2D eigenvalue weighted by Gasteiger charge is -2.04. The highest BCUT2D eigenvalue weighted by Gasteiger charge is 2.14. The Hall–Kier alpha value is -2.63. The summed E-state index contributed by atoms with van der Waals surface area (Å²) in [5.41, 5.74) is 1.63. The van der Waals surface area contributed by atoms with Crippen LogP contribution < -0.4 is 5.32 Å². The molecule has 3 rings (SSSR count). The van der Waals surface area contributed by atoms with Crippen LogP contribution in [0, 0.1) is 0 Å². The summed E-state index contributed by atoms with van der Waals surface area (Å²) in [6, 6.07) is 7.58. The van der Waals surface area contributed by atoms with E-state index in [1.165, 1.54) is 0 Å². The zero-order valence-corrected chi connectivity index (χ0v) is 12.2. The van der Waals surface area contributed by atoms with E-state index in [-0.39, 0.29) is 11.8 Å². The van der Waals surface area contributed by atoms with Crippen LogP contribution in [0.5, 0.6) is 0 Å². The first-order valence-corrected chi connectivity index (χ1v) is 6.84. The fourth-order valence-corrected chi connectivity index (χ4v) is 2.26. The fourth-order valence-electron chi connectivity index (χ4n) is 2.26. The van der Waals surface area contributed by atoms with E-state index in [4.69, 9.17) is 0 Å². The molecule has 0 unspecified atom stereocenters. The monoisotopic (exact) mass is 283 g/mol. The number of aromatic nitrogens is 4. The SMILES string of the molecule is CC(C)c1nc(NC(=O)c2cccc3c2ccn3C)n[nH]1. The van der Waals surface area contributed by atoms with Gasteiger partial charge in [-0.15, -0.1) is 5.10 Å². The zero-order chi connectivity index (χ0) is 15.0. The summed E-state index contributed by atoms with van der Waals surface area (Å²) in [6.45, 7) is 4.02. The fraction of sp³-hybridized carbons (Fsp3) is 0.267. The number of aryl methyl sites for hydroxylation is 1. The van der Waals surface area contributed by atoms with Crippen molar-refractivity contribution in [2.24, 2.45) is 7.05 Å². The first-order chi connectivity index (χ1) is 10.1. The third kappa shape index (κ3) is 2.40. The molecule has 6 heteroatoms. The summed E-state index contributed by atoms with van der Waals surface area (Å²) in [5, 5.41) is 10.5. The lowest BCUT2D eigenvalue weighted by molar-refractivity contribution is 0.102. The lowest BCUT2D eigenvalue weighted by Crippen LogP contribution is -2.13.